The Morgan fingerprint density at radius 1 is 1.27 bits per heavy atom. The number of hydrogen-bond acceptors (Lipinski definition) is 3. The van der Waals surface area contributed by atoms with Crippen LogP contribution < -0.4 is 0 Å². The van der Waals surface area contributed by atoms with Gasteiger partial charge in [-0.2, -0.15) is 0 Å². The largest absolute Gasteiger partial charge is 0.372 e. The summed E-state index contributed by atoms with van der Waals surface area (Å²) >= 11 is 0. The molecule has 0 bridgehead atoms. The Labute approximate surface area is 153 Å². The van der Waals surface area contributed by atoms with Crippen molar-refractivity contribution in [1.29, 1.82) is 0 Å². The highest BCUT2D eigenvalue weighted by Crippen LogP contribution is 2.23. The van der Waals surface area contributed by atoms with E-state index in [1.165, 1.54) is 0 Å². The molecule has 0 spiro atoms. The summed E-state index contributed by atoms with van der Waals surface area (Å²) in [4.78, 5) is 19.1. The maximum atomic E-state index is 13.1. The zero-order chi connectivity index (χ0) is 17.9. The summed E-state index contributed by atoms with van der Waals surface area (Å²) in [5, 5.41) is 1.01. The van der Waals surface area contributed by atoms with Crippen molar-refractivity contribution in [2.45, 2.75) is 25.6 Å². The van der Waals surface area contributed by atoms with Crippen LogP contribution in [0.15, 0.2) is 55.0 Å². The number of fused-ring (bicyclic) bond motifs is 1. The fraction of sp³-hybridized carbons (Fsp3) is 0.333. The van der Waals surface area contributed by atoms with Gasteiger partial charge >= 0.3 is 0 Å². The van der Waals surface area contributed by atoms with Crippen molar-refractivity contribution in [2.75, 3.05) is 13.1 Å². The molecule has 1 aliphatic rings. The van der Waals surface area contributed by atoms with Crippen molar-refractivity contribution in [2.24, 2.45) is 7.05 Å². The first kappa shape index (κ1) is 16.8. The second-order valence-corrected chi connectivity index (χ2v) is 6.85. The van der Waals surface area contributed by atoms with Crippen molar-refractivity contribution in [3.8, 4) is 0 Å². The number of benzene rings is 1. The molecule has 0 N–H and O–H groups in total. The number of rotatable bonds is 4. The van der Waals surface area contributed by atoms with Crippen LogP contribution in [0.25, 0.3) is 10.9 Å². The molecular weight excluding hydrogens is 326 g/mol. The van der Waals surface area contributed by atoms with Crippen LogP contribution in [0.2, 0.25) is 0 Å². The molecular formula is C21H23N3O2. The third kappa shape index (κ3) is 3.35. The third-order valence-electron chi connectivity index (χ3n) is 5.03. The molecule has 5 nitrogen and oxygen atoms in total. The van der Waals surface area contributed by atoms with Gasteiger partial charge in [0, 0.05) is 55.2 Å². The molecule has 0 radical (unpaired) electrons. The van der Waals surface area contributed by atoms with Gasteiger partial charge in [0.25, 0.3) is 5.91 Å². The Balaban J connectivity index is 1.46. The predicted molar refractivity (Wildman–Crippen MR) is 101 cm³/mol. The number of piperidine rings is 1. The summed E-state index contributed by atoms with van der Waals surface area (Å²) in [6, 6.07) is 11.9. The number of ether oxygens (including phenoxy) is 1. The van der Waals surface area contributed by atoms with Crippen LogP contribution in [0, 0.1) is 0 Å². The summed E-state index contributed by atoms with van der Waals surface area (Å²) in [6.07, 6.45) is 7.60. The fourth-order valence-electron chi connectivity index (χ4n) is 3.62. The molecule has 1 unspecified atom stereocenters. The van der Waals surface area contributed by atoms with E-state index in [2.05, 4.69) is 4.98 Å². The Morgan fingerprint density at radius 3 is 3.04 bits per heavy atom. The molecule has 1 saturated heterocycles. The molecule has 1 amide bonds. The van der Waals surface area contributed by atoms with Gasteiger partial charge in [0.15, 0.2) is 0 Å². The lowest BCUT2D eigenvalue weighted by Crippen LogP contribution is -2.43. The Morgan fingerprint density at radius 2 is 2.19 bits per heavy atom. The number of hydrogen-bond donors (Lipinski definition) is 0. The molecule has 3 heterocycles. The minimum atomic E-state index is 0.0721. The molecule has 2 aromatic heterocycles. The normalized spacial score (nSPS) is 17.6. The van der Waals surface area contributed by atoms with Crippen LogP contribution in [-0.4, -0.2) is 39.6 Å². The monoisotopic (exact) mass is 349 g/mol. The number of amides is 1. The molecule has 1 fully saturated rings. The van der Waals surface area contributed by atoms with Crippen LogP contribution in [0.5, 0.6) is 0 Å². The lowest BCUT2D eigenvalue weighted by atomic mass is 10.0. The lowest BCUT2D eigenvalue weighted by Gasteiger charge is -2.33. The topological polar surface area (TPSA) is 47.4 Å². The summed E-state index contributed by atoms with van der Waals surface area (Å²) in [5.41, 5.74) is 2.92. The van der Waals surface area contributed by atoms with Gasteiger partial charge in [-0.3, -0.25) is 9.78 Å². The summed E-state index contributed by atoms with van der Waals surface area (Å²) in [6.45, 7) is 1.96. The van der Waals surface area contributed by atoms with Crippen molar-refractivity contribution in [3.63, 3.8) is 0 Å². The number of aromatic nitrogens is 2. The predicted octanol–water partition coefficient (Wildman–Crippen LogP) is 3.39. The van der Waals surface area contributed by atoms with Crippen molar-refractivity contribution in [3.05, 3.63) is 66.1 Å². The molecule has 1 atom stereocenters. The molecule has 5 heteroatoms. The van der Waals surface area contributed by atoms with E-state index in [-0.39, 0.29) is 12.0 Å². The van der Waals surface area contributed by atoms with Crippen LogP contribution in [0.1, 0.15) is 28.8 Å². The van der Waals surface area contributed by atoms with E-state index in [1.807, 2.05) is 65.3 Å². The maximum absolute atomic E-state index is 13.1. The van der Waals surface area contributed by atoms with E-state index in [0.29, 0.717) is 13.2 Å². The van der Waals surface area contributed by atoms with E-state index in [4.69, 9.17) is 4.74 Å². The molecule has 134 valence electrons. The van der Waals surface area contributed by atoms with Gasteiger partial charge in [-0.05, 0) is 42.7 Å². The van der Waals surface area contributed by atoms with Crippen LogP contribution in [-0.2, 0) is 18.4 Å². The van der Waals surface area contributed by atoms with Crippen LogP contribution in [0.4, 0.5) is 0 Å². The molecule has 4 rings (SSSR count). The molecule has 1 aromatic carbocycles. The van der Waals surface area contributed by atoms with Gasteiger partial charge in [-0.25, -0.2) is 0 Å². The van der Waals surface area contributed by atoms with E-state index in [9.17, 15) is 4.79 Å². The highest BCUT2D eigenvalue weighted by molar-refractivity contribution is 6.06. The van der Waals surface area contributed by atoms with E-state index < -0.39 is 0 Å². The van der Waals surface area contributed by atoms with Crippen LogP contribution >= 0.6 is 0 Å². The SMILES string of the molecule is Cn1ccc2c(C(=O)N3CCCC(OCc4cccnc4)C3)cccc21. The molecule has 26 heavy (non-hydrogen) atoms. The number of carbonyl (C=O) groups excluding carboxylic acids is 1. The average molecular weight is 349 g/mol. The molecule has 0 aliphatic carbocycles. The van der Waals surface area contributed by atoms with Gasteiger partial charge < -0.3 is 14.2 Å². The smallest absolute Gasteiger partial charge is 0.254 e. The minimum absolute atomic E-state index is 0.0721. The Bertz CT molecular complexity index is 904. The van der Waals surface area contributed by atoms with Gasteiger partial charge in [-0.15, -0.1) is 0 Å². The number of carbonyl (C=O) groups is 1. The minimum Gasteiger partial charge on any atom is -0.372 e. The average Bonchev–Trinajstić information content (AvgIpc) is 3.08. The second-order valence-electron chi connectivity index (χ2n) is 6.85. The maximum Gasteiger partial charge on any atom is 0.254 e. The number of likely N-dealkylation sites (tertiary alicyclic amines) is 1. The summed E-state index contributed by atoms with van der Waals surface area (Å²) < 4.78 is 8.08. The second kappa shape index (κ2) is 7.30. The highest BCUT2D eigenvalue weighted by Gasteiger charge is 2.26. The quantitative estimate of drug-likeness (QED) is 0.725. The van der Waals surface area contributed by atoms with Crippen molar-refractivity contribution >= 4 is 16.8 Å². The number of aryl methyl sites for hydroxylation is 1. The van der Waals surface area contributed by atoms with Gasteiger partial charge in [-0.1, -0.05) is 12.1 Å². The van der Waals surface area contributed by atoms with Crippen molar-refractivity contribution in [1.82, 2.24) is 14.5 Å². The van der Waals surface area contributed by atoms with Gasteiger partial charge in [0.05, 0.1) is 12.7 Å². The van der Waals surface area contributed by atoms with Gasteiger partial charge in [0.1, 0.15) is 0 Å². The lowest BCUT2D eigenvalue weighted by molar-refractivity contribution is -0.00675. The fourth-order valence-corrected chi connectivity index (χ4v) is 3.62. The van der Waals surface area contributed by atoms with Gasteiger partial charge in [0.2, 0.25) is 0 Å². The first-order valence-corrected chi connectivity index (χ1v) is 9.06. The zero-order valence-corrected chi connectivity index (χ0v) is 15.0. The highest BCUT2D eigenvalue weighted by atomic mass is 16.5. The first-order chi connectivity index (χ1) is 12.7. The summed E-state index contributed by atoms with van der Waals surface area (Å²) in [5.74, 6) is 0.0940. The standard InChI is InChI=1S/C21H23N3O2/c1-23-12-9-18-19(7-2-8-20(18)23)21(25)24-11-4-6-17(14-24)26-15-16-5-3-10-22-13-16/h2-3,5,7-10,12-13,17H,4,6,11,14-15H2,1H3. The molecule has 1 aliphatic heterocycles. The van der Waals surface area contributed by atoms with E-state index in [1.54, 1.807) is 6.20 Å². The number of pyridine rings is 1. The summed E-state index contributed by atoms with van der Waals surface area (Å²) in [7, 11) is 2.00. The van der Waals surface area contributed by atoms with Crippen molar-refractivity contribution < 1.29 is 9.53 Å². The first-order valence-electron chi connectivity index (χ1n) is 9.06. The number of nitrogens with zero attached hydrogens (tertiary/aromatic N) is 3. The Kier molecular flexibility index (Phi) is 4.71. The van der Waals surface area contributed by atoms with E-state index >= 15 is 0 Å². The Hall–Kier alpha value is -2.66. The van der Waals surface area contributed by atoms with Crippen LogP contribution in [0.3, 0.4) is 0 Å². The third-order valence-corrected chi connectivity index (χ3v) is 5.03. The zero-order valence-electron chi connectivity index (χ0n) is 15.0. The molecule has 0 saturated carbocycles. The van der Waals surface area contributed by atoms with E-state index in [0.717, 1.165) is 41.4 Å². The molecule has 3 aromatic rings.